The summed E-state index contributed by atoms with van der Waals surface area (Å²) in [5, 5.41) is 3.19. The number of benzene rings is 3. The molecule has 0 aliphatic heterocycles. The minimum Gasteiger partial charge on any atom is -0.325 e. The van der Waals surface area contributed by atoms with Gasteiger partial charge in [0.2, 0.25) is 15.9 Å². The highest BCUT2D eigenvalue weighted by molar-refractivity contribution is 7.88. The van der Waals surface area contributed by atoms with E-state index in [2.05, 4.69) is 22.2 Å². The molecular formula is C27H34N2O3S. The molecule has 0 aromatic heterocycles. The summed E-state index contributed by atoms with van der Waals surface area (Å²) in [6, 6.07) is 25.8. The SMILES string of the molecule is CS(=O)(=O)NCc1ccc(-c2cccc(NC(=O)C3(c4ccccc4)CCCCC3)c2)cc1.[HH].[HH]. The van der Waals surface area contributed by atoms with Crippen LogP contribution in [0.1, 0.15) is 46.1 Å². The number of sulfonamides is 1. The quantitative estimate of drug-likeness (QED) is 0.466. The van der Waals surface area contributed by atoms with Gasteiger partial charge in [-0.25, -0.2) is 13.1 Å². The van der Waals surface area contributed by atoms with E-state index in [0.29, 0.717) is 0 Å². The Labute approximate surface area is 199 Å². The first-order valence-corrected chi connectivity index (χ1v) is 13.3. The molecule has 0 saturated heterocycles. The number of rotatable bonds is 7. The van der Waals surface area contributed by atoms with Gasteiger partial charge in [0.1, 0.15) is 0 Å². The third kappa shape index (κ3) is 5.70. The fourth-order valence-electron chi connectivity index (χ4n) is 4.62. The predicted octanol–water partition coefficient (Wildman–Crippen LogP) is 5.74. The van der Waals surface area contributed by atoms with Crippen LogP contribution in [0.2, 0.25) is 0 Å². The maximum Gasteiger partial charge on any atom is 0.235 e. The summed E-state index contributed by atoms with van der Waals surface area (Å²) in [7, 11) is -3.23. The number of nitrogens with one attached hydrogen (secondary N) is 2. The maximum atomic E-state index is 13.6. The maximum absolute atomic E-state index is 13.6. The molecule has 3 aromatic rings. The van der Waals surface area contributed by atoms with Gasteiger partial charge < -0.3 is 5.32 Å². The summed E-state index contributed by atoms with van der Waals surface area (Å²) in [4.78, 5) is 13.6. The topological polar surface area (TPSA) is 75.3 Å². The van der Waals surface area contributed by atoms with Crippen molar-refractivity contribution in [2.24, 2.45) is 0 Å². The van der Waals surface area contributed by atoms with E-state index < -0.39 is 15.4 Å². The van der Waals surface area contributed by atoms with E-state index >= 15 is 0 Å². The Morgan fingerprint density at radius 3 is 2.24 bits per heavy atom. The third-order valence-electron chi connectivity index (χ3n) is 6.41. The highest BCUT2D eigenvalue weighted by Gasteiger charge is 2.41. The van der Waals surface area contributed by atoms with Gasteiger partial charge in [-0.3, -0.25) is 4.79 Å². The second-order valence-corrected chi connectivity index (χ2v) is 10.7. The largest absolute Gasteiger partial charge is 0.325 e. The number of carbonyl (C=O) groups excluding carboxylic acids is 1. The molecule has 1 fully saturated rings. The lowest BCUT2D eigenvalue weighted by Crippen LogP contribution is -2.42. The highest BCUT2D eigenvalue weighted by atomic mass is 32.2. The van der Waals surface area contributed by atoms with Crippen LogP contribution in [0.25, 0.3) is 11.1 Å². The average molecular weight is 467 g/mol. The third-order valence-corrected chi connectivity index (χ3v) is 7.08. The summed E-state index contributed by atoms with van der Waals surface area (Å²) in [6.45, 7) is 0.261. The Balaban J connectivity index is 0.00000216. The van der Waals surface area contributed by atoms with Gasteiger partial charge in [0.15, 0.2) is 0 Å². The fourth-order valence-corrected chi connectivity index (χ4v) is 5.04. The molecule has 0 unspecified atom stereocenters. The molecule has 1 amide bonds. The lowest BCUT2D eigenvalue weighted by atomic mass is 9.68. The molecule has 5 nitrogen and oxygen atoms in total. The molecule has 4 rings (SSSR count). The van der Waals surface area contributed by atoms with E-state index in [1.54, 1.807) is 0 Å². The molecule has 6 heteroatoms. The average Bonchev–Trinajstić information content (AvgIpc) is 2.84. The van der Waals surface area contributed by atoms with Crippen molar-refractivity contribution in [3.05, 3.63) is 90.0 Å². The van der Waals surface area contributed by atoms with E-state index in [1.165, 1.54) is 6.42 Å². The van der Waals surface area contributed by atoms with Crippen LogP contribution in [0.4, 0.5) is 5.69 Å². The van der Waals surface area contributed by atoms with Crippen LogP contribution >= 0.6 is 0 Å². The van der Waals surface area contributed by atoms with Crippen LogP contribution in [-0.2, 0) is 26.8 Å². The van der Waals surface area contributed by atoms with E-state index in [0.717, 1.165) is 59.9 Å². The summed E-state index contributed by atoms with van der Waals surface area (Å²) in [6.07, 6.45) is 6.17. The lowest BCUT2D eigenvalue weighted by molar-refractivity contribution is -0.122. The lowest BCUT2D eigenvalue weighted by Gasteiger charge is -2.36. The minimum absolute atomic E-state index is 0. The van der Waals surface area contributed by atoms with Crippen LogP contribution in [0.15, 0.2) is 78.9 Å². The van der Waals surface area contributed by atoms with Gasteiger partial charge in [-0.15, -0.1) is 0 Å². The van der Waals surface area contributed by atoms with E-state index in [9.17, 15) is 13.2 Å². The molecule has 0 heterocycles. The van der Waals surface area contributed by atoms with Crippen LogP contribution in [-0.4, -0.2) is 20.6 Å². The minimum atomic E-state index is -3.23. The Morgan fingerprint density at radius 1 is 0.879 bits per heavy atom. The van der Waals surface area contributed by atoms with Crippen molar-refractivity contribution in [1.29, 1.82) is 0 Å². The summed E-state index contributed by atoms with van der Waals surface area (Å²) >= 11 is 0. The highest BCUT2D eigenvalue weighted by Crippen LogP contribution is 2.40. The van der Waals surface area contributed by atoms with Gasteiger partial charge in [-0.05, 0) is 47.2 Å². The number of hydrogen-bond acceptors (Lipinski definition) is 3. The molecule has 0 radical (unpaired) electrons. The predicted molar refractivity (Wildman–Crippen MR) is 138 cm³/mol. The van der Waals surface area contributed by atoms with E-state index in [1.807, 2.05) is 66.7 Å². The first kappa shape index (κ1) is 23.2. The first-order chi connectivity index (χ1) is 15.9. The Bertz CT molecular complexity index is 1210. The summed E-state index contributed by atoms with van der Waals surface area (Å²) in [5.41, 5.74) is 4.27. The van der Waals surface area contributed by atoms with Crippen molar-refractivity contribution in [2.75, 3.05) is 11.6 Å². The van der Waals surface area contributed by atoms with E-state index in [4.69, 9.17) is 0 Å². The molecular weight excluding hydrogens is 432 g/mol. The number of carbonyl (C=O) groups is 1. The zero-order valence-electron chi connectivity index (χ0n) is 18.9. The standard InChI is InChI=1S/C27H30N2O3S.2H2/c1-33(31,32)28-20-21-13-15-22(16-14-21)23-9-8-12-25(19-23)29-26(30)27(17-6-3-7-18-27)24-10-4-2-5-11-24;;/h2,4-5,8-16,19,28H,3,6-7,17-18,20H2,1H3,(H,29,30);2*1H. The van der Waals surface area contributed by atoms with Gasteiger partial charge in [0, 0.05) is 15.1 Å². The zero-order valence-corrected chi connectivity index (χ0v) is 19.7. The van der Waals surface area contributed by atoms with Gasteiger partial charge in [-0.1, -0.05) is 86.0 Å². The monoisotopic (exact) mass is 466 g/mol. The van der Waals surface area contributed by atoms with Gasteiger partial charge in [0.25, 0.3) is 0 Å². The Morgan fingerprint density at radius 2 is 1.58 bits per heavy atom. The second-order valence-electron chi connectivity index (χ2n) is 8.83. The van der Waals surface area contributed by atoms with E-state index in [-0.39, 0.29) is 15.3 Å². The molecule has 3 aromatic carbocycles. The van der Waals surface area contributed by atoms with Crippen LogP contribution in [0.3, 0.4) is 0 Å². The molecule has 176 valence electrons. The molecule has 0 spiro atoms. The fraction of sp³-hybridized carbons (Fsp3) is 0.296. The Kier molecular flexibility index (Phi) is 6.96. The summed E-state index contributed by atoms with van der Waals surface area (Å²) in [5.74, 6) is 0.0627. The first-order valence-electron chi connectivity index (χ1n) is 11.4. The van der Waals surface area contributed by atoms with Crippen LogP contribution in [0, 0.1) is 0 Å². The van der Waals surface area contributed by atoms with Crippen LogP contribution in [0.5, 0.6) is 0 Å². The number of amides is 1. The second kappa shape index (κ2) is 9.89. The molecule has 0 atom stereocenters. The van der Waals surface area contributed by atoms with Crippen LogP contribution < -0.4 is 10.0 Å². The van der Waals surface area contributed by atoms with Crippen molar-refractivity contribution in [3.63, 3.8) is 0 Å². The van der Waals surface area contributed by atoms with Gasteiger partial charge in [0.05, 0.1) is 11.7 Å². The van der Waals surface area contributed by atoms with Crippen molar-refractivity contribution < 1.29 is 16.1 Å². The molecule has 1 aliphatic rings. The molecule has 33 heavy (non-hydrogen) atoms. The zero-order chi connectivity index (χ0) is 23.3. The van der Waals surface area contributed by atoms with Gasteiger partial charge >= 0.3 is 0 Å². The smallest absolute Gasteiger partial charge is 0.235 e. The molecule has 2 N–H and O–H groups in total. The van der Waals surface area contributed by atoms with Crippen molar-refractivity contribution in [3.8, 4) is 11.1 Å². The van der Waals surface area contributed by atoms with Crippen molar-refractivity contribution in [1.82, 2.24) is 4.72 Å². The normalized spacial score (nSPS) is 15.7. The number of hydrogen-bond donors (Lipinski definition) is 2. The molecule has 1 aliphatic carbocycles. The Hall–Kier alpha value is -2.96. The number of anilines is 1. The molecule has 1 saturated carbocycles. The summed E-state index contributed by atoms with van der Waals surface area (Å²) < 4.78 is 25.1. The molecule has 0 bridgehead atoms. The van der Waals surface area contributed by atoms with Crippen molar-refractivity contribution >= 4 is 21.6 Å². The van der Waals surface area contributed by atoms with Gasteiger partial charge in [-0.2, -0.15) is 0 Å². The van der Waals surface area contributed by atoms with Crippen molar-refractivity contribution in [2.45, 2.75) is 44.1 Å².